The zero-order valence-electron chi connectivity index (χ0n) is 18.5. The van der Waals surface area contributed by atoms with Crippen LogP contribution in [0.3, 0.4) is 0 Å². The Hall–Kier alpha value is -3.88. The molecule has 3 N–H and O–H groups in total. The van der Waals surface area contributed by atoms with E-state index in [1.165, 1.54) is 13.0 Å². The lowest BCUT2D eigenvalue weighted by Crippen LogP contribution is -2.37. The molecular weight excluding hydrogens is 414 g/mol. The molecule has 170 valence electrons. The predicted octanol–water partition coefficient (Wildman–Crippen LogP) is 3.01. The molecule has 2 aromatic rings. The van der Waals surface area contributed by atoms with E-state index in [1.807, 2.05) is 0 Å². The maximum Gasteiger partial charge on any atom is 0.408 e. The van der Waals surface area contributed by atoms with Crippen LogP contribution in [0.4, 0.5) is 10.5 Å². The molecule has 2 rings (SSSR count). The molecule has 0 radical (unpaired) electrons. The number of anilines is 1. The summed E-state index contributed by atoms with van der Waals surface area (Å²) in [6.07, 6.45) is -0.679. The maximum atomic E-state index is 12.4. The van der Waals surface area contributed by atoms with Gasteiger partial charge in [-0.1, -0.05) is 18.2 Å². The molecule has 0 aliphatic heterocycles. The highest BCUT2D eigenvalue weighted by Crippen LogP contribution is 2.14. The lowest BCUT2D eigenvalue weighted by Gasteiger charge is -2.19. The van der Waals surface area contributed by atoms with Crippen LogP contribution < -0.4 is 20.7 Å². The van der Waals surface area contributed by atoms with Gasteiger partial charge in [-0.2, -0.15) is 0 Å². The molecule has 9 heteroatoms. The van der Waals surface area contributed by atoms with Crippen LogP contribution >= 0.6 is 0 Å². The topological polar surface area (TPSA) is 123 Å². The molecule has 0 bridgehead atoms. The summed E-state index contributed by atoms with van der Waals surface area (Å²) in [6, 6.07) is 13.2. The van der Waals surface area contributed by atoms with Gasteiger partial charge < -0.3 is 25.4 Å². The van der Waals surface area contributed by atoms with Gasteiger partial charge in [-0.05, 0) is 56.7 Å². The lowest BCUT2D eigenvalue weighted by atomic mass is 10.1. The first-order valence-electron chi connectivity index (χ1n) is 9.94. The Morgan fingerprint density at radius 1 is 0.938 bits per heavy atom. The van der Waals surface area contributed by atoms with Crippen LogP contribution in [-0.2, 0) is 20.9 Å². The highest BCUT2D eigenvalue weighted by atomic mass is 16.6. The Balaban J connectivity index is 1.87. The number of hydrogen-bond donors (Lipinski definition) is 3. The molecule has 0 aliphatic rings. The van der Waals surface area contributed by atoms with E-state index >= 15 is 0 Å². The second kappa shape index (κ2) is 10.9. The quantitative estimate of drug-likeness (QED) is 0.448. The van der Waals surface area contributed by atoms with Crippen molar-refractivity contribution in [3.8, 4) is 5.75 Å². The zero-order valence-corrected chi connectivity index (χ0v) is 18.5. The van der Waals surface area contributed by atoms with E-state index in [9.17, 15) is 19.2 Å². The van der Waals surface area contributed by atoms with E-state index < -0.39 is 23.6 Å². The van der Waals surface area contributed by atoms with Crippen LogP contribution in [0.25, 0.3) is 0 Å². The van der Waals surface area contributed by atoms with Crippen molar-refractivity contribution < 1.29 is 28.7 Å². The molecule has 9 nitrogen and oxygen atoms in total. The monoisotopic (exact) mass is 441 g/mol. The molecule has 0 fully saturated rings. The number of ether oxygens (including phenoxy) is 2. The fourth-order valence-electron chi connectivity index (χ4n) is 2.58. The van der Waals surface area contributed by atoms with Gasteiger partial charge in [0, 0.05) is 24.7 Å². The van der Waals surface area contributed by atoms with Crippen molar-refractivity contribution in [2.45, 2.75) is 39.8 Å². The van der Waals surface area contributed by atoms with Crippen molar-refractivity contribution in [3.05, 3.63) is 59.7 Å². The first kappa shape index (κ1) is 24.4. The van der Waals surface area contributed by atoms with Crippen LogP contribution in [0.2, 0.25) is 0 Å². The van der Waals surface area contributed by atoms with Gasteiger partial charge >= 0.3 is 12.1 Å². The summed E-state index contributed by atoms with van der Waals surface area (Å²) in [4.78, 5) is 47.2. The second-order valence-corrected chi connectivity index (χ2v) is 7.91. The highest BCUT2D eigenvalue weighted by Gasteiger charge is 2.16. The summed E-state index contributed by atoms with van der Waals surface area (Å²) in [7, 11) is 0. The molecule has 0 saturated carbocycles. The summed E-state index contributed by atoms with van der Waals surface area (Å²) in [6.45, 7) is 6.45. The summed E-state index contributed by atoms with van der Waals surface area (Å²) < 4.78 is 10.1. The Labute approximate surface area is 186 Å². The summed E-state index contributed by atoms with van der Waals surface area (Å²) in [5, 5.41) is 7.83. The number of alkyl carbamates (subject to hydrolysis) is 1. The molecule has 0 heterocycles. The van der Waals surface area contributed by atoms with E-state index in [1.54, 1.807) is 63.2 Å². The number of hydrogen-bond acceptors (Lipinski definition) is 6. The Morgan fingerprint density at radius 2 is 1.66 bits per heavy atom. The summed E-state index contributed by atoms with van der Waals surface area (Å²) in [5.74, 6) is -0.938. The SMILES string of the molecule is CC(=O)Oc1cccc(C(=O)NCc2cccc(NC(=O)CNC(=O)OC(C)(C)C)c2)c1. The van der Waals surface area contributed by atoms with Gasteiger partial charge in [0.15, 0.2) is 0 Å². The molecule has 2 aromatic carbocycles. The largest absolute Gasteiger partial charge is 0.444 e. The number of esters is 1. The number of carbonyl (C=O) groups excluding carboxylic acids is 4. The minimum atomic E-state index is -0.679. The van der Waals surface area contributed by atoms with E-state index in [4.69, 9.17) is 9.47 Å². The predicted molar refractivity (Wildman–Crippen MR) is 118 cm³/mol. The molecule has 3 amide bonds. The van der Waals surface area contributed by atoms with Gasteiger partial charge in [-0.3, -0.25) is 14.4 Å². The molecule has 0 atom stereocenters. The summed E-state index contributed by atoms with van der Waals surface area (Å²) in [5.41, 5.74) is 0.972. The van der Waals surface area contributed by atoms with E-state index in [2.05, 4.69) is 16.0 Å². The van der Waals surface area contributed by atoms with Gasteiger partial charge in [0.2, 0.25) is 5.91 Å². The smallest absolute Gasteiger partial charge is 0.408 e. The number of rotatable bonds is 7. The number of amides is 3. The zero-order chi connectivity index (χ0) is 23.7. The normalized spacial score (nSPS) is 10.6. The second-order valence-electron chi connectivity index (χ2n) is 7.91. The molecule has 0 aromatic heterocycles. The number of carbonyl (C=O) groups is 4. The molecule has 32 heavy (non-hydrogen) atoms. The van der Waals surface area contributed by atoms with Crippen molar-refractivity contribution in [2.75, 3.05) is 11.9 Å². The third-order valence-electron chi connectivity index (χ3n) is 3.81. The van der Waals surface area contributed by atoms with Crippen LogP contribution in [0.15, 0.2) is 48.5 Å². The standard InChI is InChI=1S/C23H27N3O6/c1-15(27)31-19-10-6-8-17(12-19)21(29)24-13-16-7-5-9-18(11-16)26-20(28)14-25-22(30)32-23(2,3)4/h5-12H,13-14H2,1-4H3,(H,24,29)(H,25,30)(H,26,28). The van der Waals surface area contributed by atoms with Crippen molar-refractivity contribution >= 4 is 29.6 Å². The van der Waals surface area contributed by atoms with Crippen LogP contribution in [0.5, 0.6) is 5.75 Å². The van der Waals surface area contributed by atoms with Gasteiger partial charge in [0.1, 0.15) is 17.9 Å². The van der Waals surface area contributed by atoms with Crippen LogP contribution in [0.1, 0.15) is 43.6 Å². The fourth-order valence-corrected chi connectivity index (χ4v) is 2.58. The average Bonchev–Trinajstić information content (AvgIpc) is 2.69. The minimum Gasteiger partial charge on any atom is -0.444 e. The van der Waals surface area contributed by atoms with E-state index in [0.717, 1.165) is 5.56 Å². The third-order valence-corrected chi connectivity index (χ3v) is 3.81. The number of benzene rings is 2. The van der Waals surface area contributed by atoms with Gasteiger partial charge in [-0.25, -0.2) is 4.79 Å². The Morgan fingerprint density at radius 3 is 2.34 bits per heavy atom. The van der Waals surface area contributed by atoms with E-state index in [0.29, 0.717) is 11.3 Å². The molecular formula is C23H27N3O6. The van der Waals surface area contributed by atoms with Gasteiger partial charge in [-0.15, -0.1) is 0 Å². The first-order chi connectivity index (χ1) is 15.0. The number of nitrogens with one attached hydrogen (secondary N) is 3. The minimum absolute atomic E-state index is 0.219. The van der Waals surface area contributed by atoms with Gasteiger partial charge in [0.05, 0.1) is 0 Å². The first-order valence-corrected chi connectivity index (χ1v) is 9.94. The Bertz CT molecular complexity index is 997. The lowest BCUT2D eigenvalue weighted by molar-refractivity contribution is -0.131. The van der Waals surface area contributed by atoms with Crippen molar-refractivity contribution in [2.24, 2.45) is 0 Å². The van der Waals surface area contributed by atoms with Crippen molar-refractivity contribution in [1.29, 1.82) is 0 Å². The van der Waals surface area contributed by atoms with Crippen molar-refractivity contribution in [1.82, 2.24) is 10.6 Å². The Kier molecular flexibility index (Phi) is 8.34. The molecule has 0 aliphatic carbocycles. The van der Waals surface area contributed by atoms with E-state index in [-0.39, 0.29) is 24.7 Å². The molecule has 0 unspecified atom stereocenters. The summed E-state index contributed by atoms with van der Waals surface area (Å²) >= 11 is 0. The van der Waals surface area contributed by atoms with Gasteiger partial charge in [0.25, 0.3) is 5.91 Å². The van der Waals surface area contributed by atoms with Crippen LogP contribution in [0, 0.1) is 0 Å². The maximum absolute atomic E-state index is 12.4. The van der Waals surface area contributed by atoms with Crippen LogP contribution in [-0.4, -0.2) is 36.0 Å². The average molecular weight is 441 g/mol. The fraction of sp³-hybridized carbons (Fsp3) is 0.304. The molecule has 0 saturated heterocycles. The highest BCUT2D eigenvalue weighted by molar-refractivity contribution is 5.95. The molecule has 0 spiro atoms. The van der Waals surface area contributed by atoms with Crippen molar-refractivity contribution in [3.63, 3.8) is 0 Å². The third kappa shape index (κ3) is 8.86.